The molecule has 0 atom stereocenters. The Morgan fingerprint density at radius 2 is 2.21 bits per heavy atom. The summed E-state index contributed by atoms with van der Waals surface area (Å²) in [6.07, 6.45) is 5.06. The molecule has 0 saturated carbocycles. The number of hydrogen-bond donors (Lipinski definition) is 1. The van der Waals surface area contributed by atoms with E-state index in [2.05, 4.69) is 23.0 Å². The van der Waals surface area contributed by atoms with E-state index in [9.17, 15) is 0 Å². The van der Waals surface area contributed by atoms with Crippen LogP contribution in [0.5, 0.6) is 0 Å². The first-order chi connectivity index (χ1) is 6.77. The summed E-state index contributed by atoms with van der Waals surface area (Å²) in [5.74, 6) is 1.03. The first-order valence-electron chi connectivity index (χ1n) is 5.19. The van der Waals surface area contributed by atoms with Crippen molar-refractivity contribution in [1.29, 1.82) is 5.26 Å². The van der Waals surface area contributed by atoms with E-state index in [1.54, 1.807) is 0 Å². The quantitative estimate of drug-likeness (QED) is 0.727. The molecule has 1 rings (SSSR count). The van der Waals surface area contributed by atoms with Gasteiger partial charge in [-0.1, -0.05) is 19.8 Å². The zero-order valence-electron chi connectivity index (χ0n) is 8.93. The third-order valence-corrected chi connectivity index (χ3v) is 2.30. The minimum absolute atomic E-state index is 0.413. The van der Waals surface area contributed by atoms with Gasteiger partial charge in [-0.3, -0.25) is 0 Å². The largest absolute Gasteiger partial charge is 0.346 e. The molecule has 1 N–H and O–H groups in total. The van der Waals surface area contributed by atoms with Gasteiger partial charge >= 0.3 is 0 Å². The maximum Gasteiger partial charge on any atom is 0.106 e. The molecule has 0 bridgehead atoms. The second-order valence-corrected chi connectivity index (χ2v) is 3.55. The lowest BCUT2D eigenvalue weighted by Gasteiger charge is -1.94. The van der Waals surface area contributed by atoms with E-state index < -0.39 is 0 Å². The first-order valence-corrected chi connectivity index (χ1v) is 5.19. The van der Waals surface area contributed by atoms with Crippen LogP contribution in [-0.2, 0) is 12.8 Å². The van der Waals surface area contributed by atoms with Gasteiger partial charge in [0.25, 0.3) is 0 Å². The molecule has 3 heteroatoms. The van der Waals surface area contributed by atoms with E-state index in [4.69, 9.17) is 5.26 Å². The summed E-state index contributed by atoms with van der Waals surface area (Å²) in [5.41, 5.74) is 1.94. The molecule has 1 aromatic heterocycles. The fourth-order valence-electron chi connectivity index (χ4n) is 1.47. The number of H-pyrrole nitrogens is 1. The minimum atomic E-state index is 0.413. The molecule has 0 radical (unpaired) electrons. The second kappa shape index (κ2) is 5.43. The third kappa shape index (κ3) is 2.88. The molecule has 76 valence electrons. The molecule has 0 aliphatic rings. The van der Waals surface area contributed by atoms with E-state index in [-0.39, 0.29) is 0 Å². The van der Waals surface area contributed by atoms with Gasteiger partial charge < -0.3 is 4.98 Å². The Morgan fingerprint density at radius 3 is 2.86 bits per heavy atom. The summed E-state index contributed by atoms with van der Waals surface area (Å²) in [6.45, 7) is 4.16. The Morgan fingerprint density at radius 1 is 1.43 bits per heavy atom. The van der Waals surface area contributed by atoms with Crippen molar-refractivity contribution < 1.29 is 0 Å². The maximum absolute atomic E-state index is 8.56. The zero-order chi connectivity index (χ0) is 10.4. The SMILES string of the molecule is CCCCCc1nc(CC#N)c(C)[nH]1. The average molecular weight is 191 g/mol. The van der Waals surface area contributed by atoms with Crippen molar-refractivity contribution in [2.75, 3.05) is 0 Å². The van der Waals surface area contributed by atoms with Crippen molar-refractivity contribution >= 4 is 0 Å². The summed E-state index contributed by atoms with van der Waals surface area (Å²) >= 11 is 0. The normalized spacial score (nSPS) is 10.1. The molecule has 0 spiro atoms. The molecule has 1 heterocycles. The number of aromatic amines is 1. The van der Waals surface area contributed by atoms with Crippen molar-refractivity contribution in [2.24, 2.45) is 0 Å². The van der Waals surface area contributed by atoms with Crippen LogP contribution < -0.4 is 0 Å². The van der Waals surface area contributed by atoms with Crippen LogP contribution in [0.2, 0.25) is 0 Å². The van der Waals surface area contributed by atoms with E-state index >= 15 is 0 Å². The number of unbranched alkanes of at least 4 members (excludes halogenated alkanes) is 2. The van der Waals surface area contributed by atoms with Crippen LogP contribution in [0.25, 0.3) is 0 Å². The van der Waals surface area contributed by atoms with Gasteiger partial charge in [-0.2, -0.15) is 5.26 Å². The van der Waals surface area contributed by atoms with Crippen LogP contribution in [0.15, 0.2) is 0 Å². The Labute approximate surface area is 85.2 Å². The number of rotatable bonds is 5. The number of nitrogens with zero attached hydrogens (tertiary/aromatic N) is 2. The van der Waals surface area contributed by atoms with Crippen LogP contribution in [0.1, 0.15) is 43.4 Å². The number of hydrogen-bond acceptors (Lipinski definition) is 2. The van der Waals surface area contributed by atoms with Gasteiger partial charge in [-0.15, -0.1) is 0 Å². The van der Waals surface area contributed by atoms with Gasteiger partial charge in [-0.05, 0) is 13.3 Å². The molecular weight excluding hydrogens is 174 g/mol. The Balaban J connectivity index is 2.53. The predicted octanol–water partition coefficient (Wildman–Crippen LogP) is 2.52. The highest BCUT2D eigenvalue weighted by Crippen LogP contribution is 2.08. The number of nitriles is 1. The summed E-state index contributed by atoms with van der Waals surface area (Å²) in [6, 6.07) is 2.12. The molecule has 0 amide bonds. The topological polar surface area (TPSA) is 52.5 Å². The van der Waals surface area contributed by atoms with E-state index in [0.29, 0.717) is 6.42 Å². The van der Waals surface area contributed by atoms with Gasteiger partial charge in [0.15, 0.2) is 0 Å². The highest BCUT2D eigenvalue weighted by molar-refractivity contribution is 5.16. The van der Waals surface area contributed by atoms with Gasteiger partial charge in [0, 0.05) is 12.1 Å². The second-order valence-electron chi connectivity index (χ2n) is 3.55. The van der Waals surface area contributed by atoms with Crippen LogP contribution >= 0.6 is 0 Å². The van der Waals surface area contributed by atoms with E-state index in [0.717, 1.165) is 23.6 Å². The number of nitrogens with one attached hydrogen (secondary N) is 1. The van der Waals surface area contributed by atoms with E-state index in [1.807, 2.05) is 6.92 Å². The van der Waals surface area contributed by atoms with Crippen LogP contribution in [-0.4, -0.2) is 9.97 Å². The van der Waals surface area contributed by atoms with Crippen LogP contribution in [0.4, 0.5) is 0 Å². The third-order valence-electron chi connectivity index (χ3n) is 2.30. The van der Waals surface area contributed by atoms with Gasteiger partial charge in [-0.25, -0.2) is 4.98 Å². The number of aryl methyl sites for hydroxylation is 2. The average Bonchev–Trinajstić information content (AvgIpc) is 2.49. The molecule has 3 nitrogen and oxygen atoms in total. The van der Waals surface area contributed by atoms with Gasteiger partial charge in [0.2, 0.25) is 0 Å². The summed E-state index contributed by atoms with van der Waals surface area (Å²) in [7, 11) is 0. The maximum atomic E-state index is 8.56. The molecule has 14 heavy (non-hydrogen) atoms. The lowest BCUT2D eigenvalue weighted by atomic mass is 10.2. The molecule has 0 saturated heterocycles. The molecular formula is C11H17N3. The molecule has 0 aliphatic heterocycles. The number of aromatic nitrogens is 2. The lowest BCUT2D eigenvalue weighted by Crippen LogP contribution is -1.88. The molecule has 1 aromatic rings. The van der Waals surface area contributed by atoms with E-state index in [1.165, 1.54) is 19.3 Å². The van der Waals surface area contributed by atoms with Crippen molar-refractivity contribution in [3.8, 4) is 6.07 Å². The molecule has 0 aliphatic carbocycles. The fraction of sp³-hybridized carbons (Fsp3) is 0.636. The summed E-state index contributed by atoms with van der Waals surface area (Å²) < 4.78 is 0. The summed E-state index contributed by atoms with van der Waals surface area (Å²) in [4.78, 5) is 7.62. The zero-order valence-corrected chi connectivity index (χ0v) is 8.93. The standard InChI is InChI=1S/C11H17N3/c1-3-4-5-6-11-13-9(2)10(14-11)7-8-12/h3-7H2,1-2H3,(H,13,14). The van der Waals surface area contributed by atoms with Crippen LogP contribution in [0.3, 0.4) is 0 Å². The highest BCUT2D eigenvalue weighted by Gasteiger charge is 2.05. The van der Waals surface area contributed by atoms with Crippen molar-refractivity contribution in [3.63, 3.8) is 0 Å². The molecule has 0 unspecified atom stereocenters. The summed E-state index contributed by atoms with van der Waals surface area (Å²) in [5, 5.41) is 8.56. The van der Waals surface area contributed by atoms with Crippen molar-refractivity contribution in [3.05, 3.63) is 17.2 Å². The first kappa shape index (κ1) is 10.8. The smallest absolute Gasteiger partial charge is 0.106 e. The van der Waals surface area contributed by atoms with Crippen molar-refractivity contribution in [2.45, 2.75) is 46.0 Å². The predicted molar refractivity (Wildman–Crippen MR) is 55.9 cm³/mol. The fourth-order valence-corrected chi connectivity index (χ4v) is 1.47. The molecule has 0 fully saturated rings. The van der Waals surface area contributed by atoms with Gasteiger partial charge in [0.05, 0.1) is 18.2 Å². The Bertz CT molecular complexity index is 320. The molecule has 0 aromatic carbocycles. The Kier molecular flexibility index (Phi) is 4.18. The van der Waals surface area contributed by atoms with Crippen LogP contribution in [0, 0.1) is 18.3 Å². The Hall–Kier alpha value is -1.30. The van der Waals surface area contributed by atoms with Gasteiger partial charge in [0.1, 0.15) is 5.82 Å². The minimum Gasteiger partial charge on any atom is -0.346 e. The monoisotopic (exact) mass is 191 g/mol. The highest BCUT2D eigenvalue weighted by atomic mass is 14.9. The van der Waals surface area contributed by atoms with Crippen molar-refractivity contribution in [1.82, 2.24) is 9.97 Å². The lowest BCUT2D eigenvalue weighted by molar-refractivity contribution is 0.697. The number of imidazole rings is 1.